The van der Waals surface area contributed by atoms with Gasteiger partial charge in [0.2, 0.25) is 0 Å². The molecule has 2 aromatic rings. The van der Waals surface area contributed by atoms with Gasteiger partial charge in [0.1, 0.15) is 6.61 Å². The summed E-state index contributed by atoms with van der Waals surface area (Å²) in [6.45, 7) is 4.44. The van der Waals surface area contributed by atoms with E-state index in [0.29, 0.717) is 41.0 Å². The molecule has 0 radical (unpaired) electrons. The van der Waals surface area contributed by atoms with Crippen LogP contribution < -0.4 is 9.47 Å². The second kappa shape index (κ2) is 8.06. The summed E-state index contributed by atoms with van der Waals surface area (Å²) in [5, 5.41) is 4.33. The Hall–Kier alpha value is -2.79. The Kier molecular flexibility index (Phi) is 5.58. The average Bonchev–Trinajstić information content (AvgIpc) is 2.94. The van der Waals surface area contributed by atoms with Crippen LogP contribution in [0.3, 0.4) is 0 Å². The lowest BCUT2D eigenvalue weighted by Gasteiger charge is -2.13. The van der Waals surface area contributed by atoms with Gasteiger partial charge in [0.05, 0.1) is 17.9 Å². The molecule has 5 nitrogen and oxygen atoms in total. The normalized spacial score (nSPS) is 15.0. The van der Waals surface area contributed by atoms with Gasteiger partial charge in [-0.15, -0.1) is 0 Å². The van der Waals surface area contributed by atoms with E-state index in [2.05, 4.69) is 9.99 Å². The van der Waals surface area contributed by atoms with Gasteiger partial charge in [-0.05, 0) is 43.7 Å². The highest BCUT2D eigenvalue weighted by Gasteiger charge is 2.22. The van der Waals surface area contributed by atoms with E-state index < -0.39 is 5.97 Å². The molecular formula is C20H18ClNO4. The molecule has 6 heteroatoms. The summed E-state index contributed by atoms with van der Waals surface area (Å²) in [6.07, 6.45) is 1.72. The molecule has 134 valence electrons. The average molecular weight is 372 g/mol. The van der Waals surface area contributed by atoms with Crippen molar-refractivity contribution in [3.63, 3.8) is 0 Å². The van der Waals surface area contributed by atoms with Crippen molar-refractivity contribution in [1.29, 1.82) is 0 Å². The smallest absolute Gasteiger partial charge is 0.367 e. The van der Waals surface area contributed by atoms with Crippen molar-refractivity contribution in [3.8, 4) is 11.5 Å². The SMILES string of the molecule is CCOc1cc(/C=C2\C(=O)ON=C2C)ccc1OCc1ccccc1Cl. The molecule has 3 rings (SSSR count). The van der Waals surface area contributed by atoms with E-state index in [1.165, 1.54) is 0 Å². The third-order valence-electron chi connectivity index (χ3n) is 3.79. The van der Waals surface area contributed by atoms with Crippen molar-refractivity contribution >= 4 is 29.4 Å². The molecule has 0 saturated heterocycles. The van der Waals surface area contributed by atoms with E-state index in [-0.39, 0.29) is 0 Å². The predicted octanol–water partition coefficient (Wildman–Crippen LogP) is 4.63. The molecule has 0 saturated carbocycles. The zero-order valence-corrected chi connectivity index (χ0v) is 15.2. The molecule has 1 aliphatic heterocycles. The summed E-state index contributed by atoms with van der Waals surface area (Å²) in [7, 11) is 0. The maximum Gasteiger partial charge on any atom is 0.367 e. The van der Waals surface area contributed by atoms with Gasteiger partial charge in [-0.25, -0.2) is 4.79 Å². The van der Waals surface area contributed by atoms with Crippen molar-refractivity contribution in [2.24, 2.45) is 5.16 Å². The van der Waals surface area contributed by atoms with Gasteiger partial charge >= 0.3 is 5.97 Å². The minimum absolute atomic E-state index is 0.332. The minimum atomic E-state index is -0.459. The molecule has 0 unspecified atom stereocenters. The predicted molar refractivity (Wildman–Crippen MR) is 101 cm³/mol. The summed E-state index contributed by atoms with van der Waals surface area (Å²) in [5.74, 6) is 0.739. The summed E-state index contributed by atoms with van der Waals surface area (Å²) in [5.41, 5.74) is 2.66. The van der Waals surface area contributed by atoms with E-state index in [0.717, 1.165) is 11.1 Å². The standard InChI is InChI=1S/C20H18ClNO4/c1-3-24-19-11-14(10-16-13(2)22-26-20(16)23)8-9-18(19)25-12-15-6-4-5-7-17(15)21/h4-11H,3,12H2,1-2H3/b16-10-. The molecule has 0 spiro atoms. The van der Waals surface area contributed by atoms with Gasteiger partial charge in [-0.1, -0.05) is 41.0 Å². The zero-order chi connectivity index (χ0) is 18.5. The van der Waals surface area contributed by atoms with Crippen LogP contribution >= 0.6 is 11.6 Å². The number of rotatable bonds is 6. The van der Waals surface area contributed by atoms with Crippen LogP contribution in [0.25, 0.3) is 6.08 Å². The summed E-state index contributed by atoms with van der Waals surface area (Å²) in [4.78, 5) is 16.3. The van der Waals surface area contributed by atoms with Gasteiger partial charge in [0, 0.05) is 10.6 Å². The van der Waals surface area contributed by atoms with Crippen LogP contribution in [0, 0.1) is 0 Å². The van der Waals surface area contributed by atoms with Crippen molar-refractivity contribution in [1.82, 2.24) is 0 Å². The molecule has 0 atom stereocenters. The third-order valence-corrected chi connectivity index (χ3v) is 4.16. The number of oxime groups is 1. The second-order valence-electron chi connectivity index (χ2n) is 5.63. The van der Waals surface area contributed by atoms with Crippen LogP contribution in [0.1, 0.15) is 25.0 Å². The van der Waals surface area contributed by atoms with Crippen LogP contribution in [0.5, 0.6) is 11.5 Å². The van der Waals surface area contributed by atoms with Gasteiger partial charge in [-0.2, -0.15) is 0 Å². The molecule has 0 aromatic heterocycles. The lowest BCUT2D eigenvalue weighted by Crippen LogP contribution is -2.02. The second-order valence-corrected chi connectivity index (χ2v) is 6.04. The summed E-state index contributed by atoms with van der Waals surface area (Å²) < 4.78 is 11.6. The number of carbonyl (C=O) groups excluding carboxylic acids is 1. The van der Waals surface area contributed by atoms with Crippen molar-refractivity contribution in [2.75, 3.05) is 6.61 Å². The fraction of sp³-hybridized carbons (Fsp3) is 0.200. The number of ether oxygens (including phenoxy) is 2. The monoisotopic (exact) mass is 371 g/mol. The van der Waals surface area contributed by atoms with E-state index in [4.69, 9.17) is 21.1 Å². The maximum absolute atomic E-state index is 11.7. The van der Waals surface area contributed by atoms with Gasteiger partial charge in [0.25, 0.3) is 0 Å². The fourth-order valence-corrected chi connectivity index (χ4v) is 2.65. The molecule has 1 aliphatic rings. The molecule has 0 bridgehead atoms. The first-order valence-corrected chi connectivity index (χ1v) is 8.57. The fourth-order valence-electron chi connectivity index (χ4n) is 2.46. The maximum atomic E-state index is 11.7. The van der Waals surface area contributed by atoms with Crippen LogP contribution in [0.2, 0.25) is 5.02 Å². The van der Waals surface area contributed by atoms with E-state index in [9.17, 15) is 4.79 Å². The molecule has 0 fully saturated rings. The van der Waals surface area contributed by atoms with Crippen LogP contribution in [-0.4, -0.2) is 18.3 Å². The van der Waals surface area contributed by atoms with Crippen molar-refractivity contribution < 1.29 is 19.1 Å². The lowest BCUT2D eigenvalue weighted by atomic mass is 10.1. The molecule has 2 aromatic carbocycles. The Morgan fingerprint density at radius 3 is 2.65 bits per heavy atom. The first kappa shape index (κ1) is 18.0. The number of benzene rings is 2. The van der Waals surface area contributed by atoms with Gasteiger partial charge in [0.15, 0.2) is 11.5 Å². The number of carbonyl (C=O) groups is 1. The van der Waals surface area contributed by atoms with E-state index in [1.54, 1.807) is 19.1 Å². The third kappa shape index (κ3) is 4.06. The number of nitrogens with zero attached hydrogens (tertiary/aromatic N) is 1. The Balaban J connectivity index is 1.83. The molecule has 26 heavy (non-hydrogen) atoms. The highest BCUT2D eigenvalue weighted by atomic mass is 35.5. The molecule has 0 N–H and O–H groups in total. The van der Waals surface area contributed by atoms with E-state index in [1.807, 2.05) is 43.3 Å². The van der Waals surface area contributed by atoms with Gasteiger partial charge < -0.3 is 14.3 Å². The Morgan fingerprint density at radius 2 is 1.96 bits per heavy atom. The van der Waals surface area contributed by atoms with Gasteiger partial charge in [-0.3, -0.25) is 0 Å². The molecule has 0 amide bonds. The zero-order valence-electron chi connectivity index (χ0n) is 14.5. The topological polar surface area (TPSA) is 57.1 Å². The summed E-state index contributed by atoms with van der Waals surface area (Å²) in [6, 6.07) is 13.0. The number of hydrogen-bond donors (Lipinski definition) is 0. The summed E-state index contributed by atoms with van der Waals surface area (Å²) >= 11 is 6.17. The lowest BCUT2D eigenvalue weighted by molar-refractivity contribution is -0.136. The molecular weight excluding hydrogens is 354 g/mol. The molecule has 0 aliphatic carbocycles. The van der Waals surface area contributed by atoms with Crippen LogP contribution in [-0.2, 0) is 16.2 Å². The Bertz CT molecular complexity index is 889. The van der Waals surface area contributed by atoms with Crippen molar-refractivity contribution in [2.45, 2.75) is 20.5 Å². The first-order valence-electron chi connectivity index (χ1n) is 8.19. The number of halogens is 1. The largest absolute Gasteiger partial charge is 0.490 e. The Labute approximate surface area is 156 Å². The Morgan fingerprint density at radius 1 is 1.15 bits per heavy atom. The highest BCUT2D eigenvalue weighted by Crippen LogP contribution is 2.31. The quantitative estimate of drug-likeness (QED) is 0.548. The van der Waals surface area contributed by atoms with Crippen LogP contribution in [0.15, 0.2) is 53.2 Å². The molecule has 1 heterocycles. The van der Waals surface area contributed by atoms with Crippen LogP contribution in [0.4, 0.5) is 0 Å². The first-order chi connectivity index (χ1) is 12.6. The minimum Gasteiger partial charge on any atom is -0.490 e. The highest BCUT2D eigenvalue weighted by molar-refractivity contribution is 6.31. The number of hydrogen-bond acceptors (Lipinski definition) is 5. The van der Waals surface area contributed by atoms with Crippen molar-refractivity contribution in [3.05, 3.63) is 64.2 Å². The van der Waals surface area contributed by atoms with E-state index >= 15 is 0 Å².